The Morgan fingerprint density at radius 2 is 1.18 bits per heavy atom. The van der Waals surface area contributed by atoms with Crippen molar-refractivity contribution in [2.45, 2.75) is 94.8 Å². The van der Waals surface area contributed by atoms with Crippen molar-refractivity contribution < 1.29 is 0 Å². The quantitative estimate of drug-likeness (QED) is 0.224. The molecule has 3 atom stereocenters. The van der Waals surface area contributed by atoms with Gasteiger partial charge in [0.25, 0.3) is 0 Å². The summed E-state index contributed by atoms with van der Waals surface area (Å²) in [5, 5.41) is 0. The molecule has 3 unspecified atom stereocenters. The molecular weight excluding hydrogens is 542 g/mol. The van der Waals surface area contributed by atoms with Crippen LogP contribution in [0.2, 0.25) is 0 Å². The molecule has 0 heterocycles. The Morgan fingerprint density at radius 1 is 0.556 bits per heavy atom. The highest BCUT2D eigenvalue weighted by molar-refractivity contribution is 5.86. The van der Waals surface area contributed by atoms with Crippen LogP contribution in [0.1, 0.15) is 106 Å². The zero-order chi connectivity index (χ0) is 29.9. The van der Waals surface area contributed by atoms with Gasteiger partial charge in [0.05, 0.1) is 0 Å². The van der Waals surface area contributed by atoms with Crippen LogP contribution in [0.15, 0.2) is 91.0 Å². The zero-order valence-corrected chi connectivity index (χ0v) is 27.1. The van der Waals surface area contributed by atoms with E-state index in [1.165, 1.54) is 104 Å². The van der Waals surface area contributed by atoms with Gasteiger partial charge in [0.15, 0.2) is 0 Å². The van der Waals surface area contributed by atoms with Crippen LogP contribution < -0.4 is 4.90 Å². The Bertz CT molecular complexity index is 1740. The summed E-state index contributed by atoms with van der Waals surface area (Å²) in [5.41, 5.74) is 13.1. The van der Waals surface area contributed by atoms with Gasteiger partial charge in [-0.1, -0.05) is 74.9 Å². The maximum atomic E-state index is 2.53. The summed E-state index contributed by atoms with van der Waals surface area (Å²) in [6, 6.07) is 36.0. The third kappa shape index (κ3) is 4.04. The van der Waals surface area contributed by atoms with Crippen LogP contribution in [-0.2, 0) is 10.8 Å². The minimum absolute atomic E-state index is 0.0249. The van der Waals surface area contributed by atoms with Crippen LogP contribution in [0.25, 0.3) is 11.1 Å². The lowest BCUT2D eigenvalue weighted by atomic mass is 9.48. The molecule has 228 valence electrons. The molecule has 0 amide bonds. The van der Waals surface area contributed by atoms with E-state index in [1.54, 1.807) is 11.1 Å². The number of hydrogen-bond donors (Lipinski definition) is 0. The molecular formula is C44H47N. The normalized spacial score (nSPS) is 32.9. The second kappa shape index (κ2) is 9.60. The second-order valence-corrected chi connectivity index (χ2v) is 16.9. The van der Waals surface area contributed by atoms with E-state index in [-0.39, 0.29) is 5.41 Å². The Morgan fingerprint density at radius 3 is 1.82 bits per heavy atom. The third-order valence-electron chi connectivity index (χ3n) is 13.9. The fourth-order valence-electron chi connectivity index (χ4n) is 12.2. The maximum absolute atomic E-state index is 2.53. The highest BCUT2D eigenvalue weighted by atomic mass is 15.1. The third-order valence-corrected chi connectivity index (χ3v) is 13.9. The van der Waals surface area contributed by atoms with E-state index >= 15 is 0 Å². The fourth-order valence-corrected chi connectivity index (χ4v) is 12.2. The molecule has 0 aliphatic heterocycles. The van der Waals surface area contributed by atoms with E-state index in [0.717, 1.165) is 35.5 Å². The Kier molecular flexibility index (Phi) is 5.73. The van der Waals surface area contributed by atoms with E-state index in [2.05, 4.69) is 110 Å². The first-order chi connectivity index (χ1) is 21.9. The van der Waals surface area contributed by atoms with Gasteiger partial charge in [-0.05, 0) is 168 Å². The highest BCUT2D eigenvalue weighted by Gasteiger charge is 2.51. The van der Waals surface area contributed by atoms with E-state index in [0.29, 0.717) is 5.41 Å². The van der Waals surface area contributed by atoms with E-state index in [4.69, 9.17) is 0 Å². The predicted molar refractivity (Wildman–Crippen MR) is 187 cm³/mol. The van der Waals surface area contributed by atoms with Crippen molar-refractivity contribution in [2.75, 3.05) is 4.90 Å². The number of hydrogen-bond acceptors (Lipinski definition) is 1. The van der Waals surface area contributed by atoms with Gasteiger partial charge in [-0.15, -0.1) is 0 Å². The van der Waals surface area contributed by atoms with E-state index < -0.39 is 0 Å². The molecule has 0 radical (unpaired) electrons. The lowest BCUT2D eigenvalue weighted by Crippen LogP contribution is -2.48. The van der Waals surface area contributed by atoms with Gasteiger partial charge in [-0.3, -0.25) is 0 Å². The van der Waals surface area contributed by atoms with Crippen molar-refractivity contribution in [1.82, 2.24) is 0 Å². The summed E-state index contributed by atoms with van der Waals surface area (Å²) in [6.45, 7) is 4.76. The summed E-state index contributed by atoms with van der Waals surface area (Å²) >= 11 is 0. The Labute approximate surface area is 270 Å². The Hall–Kier alpha value is -3.32. The molecule has 6 fully saturated rings. The van der Waals surface area contributed by atoms with Crippen molar-refractivity contribution in [3.8, 4) is 11.1 Å². The zero-order valence-electron chi connectivity index (χ0n) is 27.1. The van der Waals surface area contributed by atoms with Crippen molar-refractivity contribution in [1.29, 1.82) is 0 Å². The van der Waals surface area contributed by atoms with Gasteiger partial charge in [0, 0.05) is 22.5 Å². The molecule has 6 saturated carbocycles. The summed E-state index contributed by atoms with van der Waals surface area (Å²) in [4.78, 5) is 2.53. The minimum Gasteiger partial charge on any atom is -0.310 e. The van der Waals surface area contributed by atoms with Crippen LogP contribution in [0.5, 0.6) is 0 Å². The fraction of sp³-hybridized carbons (Fsp3) is 0.455. The van der Waals surface area contributed by atoms with Gasteiger partial charge in [0.2, 0.25) is 0 Å². The summed E-state index contributed by atoms with van der Waals surface area (Å²) in [5.74, 6) is 5.57. The lowest BCUT2D eigenvalue weighted by molar-refractivity contribution is -0.00518. The van der Waals surface area contributed by atoms with Gasteiger partial charge in [-0.2, -0.15) is 0 Å². The molecule has 6 bridgehead atoms. The number of fused-ring (bicyclic) bond motifs is 5. The predicted octanol–water partition coefficient (Wildman–Crippen LogP) is 11.8. The standard InChI is InChI=1S/C44H47N/c1-43(2)41-6-4-3-5-38(41)40-24-37(17-18-42(40)43)45(35-13-9-32(10-14-35)39-23-28-7-8-33(39)22-28)36-15-11-34(12-16-36)44-25-29-19-30(26-44)21-31(20-29)27-44/h3-6,9-18,24,28-31,33,39H,7-8,19-23,25-27H2,1-2H3. The Balaban J connectivity index is 1.05. The van der Waals surface area contributed by atoms with E-state index in [9.17, 15) is 0 Å². The first kappa shape index (κ1) is 26.9. The lowest BCUT2D eigenvalue weighted by Gasteiger charge is -2.57. The topological polar surface area (TPSA) is 3.24 Å². The molecule has 4 aromatic carbocycles. The molecule has 0 aromatic heterocycles. The van der Waals surface area contributed by atoms with E-state index in [1.807, 2.05) is 0 Å². The number of anilines is 3. The molecule has 4 aromatic rings. The van der Waals surface area contributed by atoms with Crippen molar-refractivity contribution >= 4 is 17.1 Å². The molecule has 11 rings (SSSR count). The average Bonchev–Trinajstić information content (AvgIpc) is 3.74. The molecule has 0 N–H and O–H groups in total. The first-order valence-corrected chi connectivity index (χ1v) is 18.2. The number of benzene rings is 4. The summed E-state index contributed by atoms with van der Waals surface area (Å²) < 4.78 is 0. The van der Waals surface area contributed by atoms with Crippen LogP contribution in [-0.4, -0.2) is 0 Å². The molecule has 7 aliphatic rings. The van der Waals surface area contributed by atoms with Crippen LogP contribution >= 0.6 is 0 Å². The summed E-state index contributed by atoms with van der Waals surface area (Å²) in [6.07, 6.45) is 14.5. The molecule has 45 heavy (non-hydrogen) atoms. The number of rotatable bonds is 5. The van der Waals surface area contributed by atoms with Gasteiger partial charge in [-0.25, -0.2) is 0 Å². The molecule has 0 saturated heterocycles. The van der Waals surface area contributed by atoms with Gasteiger partial charge >= 0.3 is 0 Å². The van der Waals surface area contributed by atoms with Crippen LogP contribution in [0.3, 0.4) is 0 Å². The monoisotopic (exact) mass is 589 g/mol. The van der Waals surface area contributed by atoms with Crippen LogP contribution in [0.4, 0.5) is 17.1 Å². The van der Waals surface area contributed by atoms with Crippen molar-refractivity contribution in [2.24, 2.45) is 29.6 Å². The molecule has 0 spiro atoms. The van der Waals surface area contributed by atoms with Crippen molar-refractivity contribution in [3.63, 3.8) is 0 Å². The first-order valence-electron chi connectivity index (χ1n) is 18.2. The van der Waals surface area contributed by atoms with Crippen LogP contribution in [0, 0.1) is 29.6 Å². The summed E-state index contributed by atoms with van der Waals surface area (Å²) in [7, 11) is 0. The van der Waals surface area contributed by atoms with Gasteiger partial charge < -0.3 is 4.90 Å². The largest absolute Gasteiger partial charge is 0.310 e. The number of nitrogens with zero attached hydrogens (tertiary/aromatic N) is 1. The second-order valence-electron chi connectivity index (χ2n) is 16.9. The molecule has 1 heteroatoms. The average molecular weight is 590 g/mol. The van der Waals surface area contributed by atoms with Crippen molar-refractivity contribution in [3.05, 3.63) is 113 Å². The SMILES string of the molecule is CC1(C)c2ccccc2-c2cc(N(c3ccc(C4CC5CCC4C5)cc3)c3ccc(C45CC6CC(CC(C6)C4)C5)cc3)ccc21. The molecule has 7 aliphatic carbocycles. The van der Waals surface area contributed by atoms with Gasteiger partial charge in [0.1, 0.15) is 0 Å². The minimum atomic E-state index is 0.0249. The highest BCUT2D eigenvalue weighted by Crippen LogP contribution is 2.61. The molecule has 1 nitrogen and oxygen atoms in total. The maximum Gasteiger partial charge on any atom is 0.0468 e. The smallest absolute Gasteiger partial charge is 0.0468 e.